The second kappa shape index (κ2) is 10.1. The molecule has 2 aromatic heterocycles. The molecule has 162 valence electrons. The van der Waals surface area contributed by atoms with E-state index >= 15 is 0 Å². The summed E-state index contributed by atoms with van der Waals surface area (Å²) in [5.41, 5.74) is 10.8. The van der Waals surface area contributed by atoms with Gasteiger partial charge in [-0.05, 0) is 36.1 Å². The van der Waals surface area contributed by atoms with Gasteiger partial charge in [-0.1, -0.05) is 48.2 Å². The molecule has 0 radical (unpaired) electrons. The Balaban J connectivity index is 1.42. The average Bonchev–Trinajstić information content (AvgIpc) is 2.84. The van der Waals surface area contributed by atoms with E-state index in [2.05, 4.69) is 25.6 Å². The summed E-state index contributed by atoms with van der Waals surface area (Å²) in [6, 6.07) is 20.9. The second-order valence-corrected chi connectivity index (χ2v) is 7.87. The molecule has 1 atom stereocenters. The first-order valence-corrected chi connectivity index (χ1v) is 11.3. The fourth-order valence-electron chi connectivity index (χ4n) is 3.14. The van der Waals surface area contributed by atoms with Crippen molar-refractivity contribution in [3.8, 4) is 11.3 Å². The summed E-state index contributed by atoms with van der Waals surface area (Å²) in [6.45, 7) is 0.590. The van der Waals surface area contributed by atoms with E-state index < -0.39 is 6.23 Å². The van der Waals surface area contributed by atoms with Gasteiger partial charge < -0.3 is 21.5 Å². The molecule has 0 bridgehead atoms. The molecule has 0 saturated carbocycles. The molecule has 8 heteroatoms. The Morgan fingerprint density at radius 2 is 1.84 bits per heavy atom. The normalized spacial score (nSPS) is 11.7. The largest absolute Gasteiger partial charge is 0.397 e. The zero-order valence-corrected chi connectivity index (χ0v) is 18.4. The third kappa shape index (κ3) is 5.35. The van der Waals surface area contributed by atoms with Crippen LogP contribution in [0.2, 0.25) is 0 Å². The molecule has 5 N–H and O–H groups in total. The van der Waals surface area contributed by atoms with E-state index in [1.807, 2.05) is 66.9 Å². The van der Waals surface area contributed by atoms with E-state index in [4.69, 9.17) is 5.73 Å². The highest BCUT2D eigenvalue weighted by atomic mass is 32.2. The highest BCUT2D eigenvalue weighted by molar-refractivity contribution is 7.98. The smallest absolute Gasteiger partial charge is 0.189 e. The van der Waals surface area contributed by atoms with Gasteiger partial charge in [0.15, 0.2) is 11.4 Å². The monoisotopic (exact) mass is 444 g/mol. The fourth-order valence-corrected chi connectivity index (χ4v) is 3.52. The van der Waals surface area contributed by atoms with Gasteiger partial charge in [0.1, 0.15) is 5.82 Å². The van der Waals surface area contributed by atoms with Gasteiger partial charge in [0.2, 0.25) is 0 Å². The lowest BCUT2D eigenvalue weighted by atomic mass is 10.1. The molecule has 1 unspecified atom stereocenters. The number of aromatic nitrogens is 3. The first kappa shape index (κ1) is 21.6. The van der Waals surface area contributed by atoms with E-state index in [-0.39, 0.29) is 0 Å². The molecule has 7 nitrogen and oxygen atoms in total. The number of nitrogens with one attached hydrogen (secondary N) is 2. The summed E-state index contributed by atoms with van der Waals surface area (Å²) in [6.07, 6.45) is 4.63. The van der Waals surface area contributed by atoms with Crippen molar-refractivity contribution in [3.63, 3.8) is 0 Å². The fraction of sp³-hybridized carbons (Fsp3) is 0.125. The number of nitrogen functional groups attached to an aromatic ring is 1. The van der Waals surface area contributed by atoms with E-state index in [9.17, 15) is 5.11 Å². The van der Waals surface area contributed by atoms with Crippen LogP contribution in [-0.4, -0.2) is 26.3 Å². The Labute approximate surface area is 191 Å². The lowest BCUT2D eigenvalue weighted by molar-refractivity contribution is 0.208. The highest BCUT2D eigenvalue weighted by Gasteiger charge is 2.10. The zero-order valence-electron chi connectivity index (χ0n) is 17.6. The Morgan fingerprint density at radius 1 is 1.03 bits per heavy atom. The summed E-state index contributed by atoms with van der Waals surface area (Å²) in [5, 5.41) is 17.6. The average molecular weight is 445 g/mol. The quantitative estimate of drug-likeness (QED) is 0.136. The molecule has 2 aromatic carbocycles. The minimum Gasteiger partial charge on any atom is -0.397 e. The van der Waals surface area contributed by atoms with Gasteiger partial charge in [-0.15, -0.1) is 0 Å². The van der Waals surface area contributed by atoms with Crippen molar-refractivity contribution in [1.29, 1.82) is 0 Å². The van der Waals surface area contributed by atoms with Crippen LogP contribution >= 0.6 is 11.8 Å². The summed E-state index contributed by atoms with van der Waals surface area (Å²) in [5.74, 6) is 0.744. The maximum Gasteiger partial charge on any atom is 0.189 e. The molecule has 0 spiro atoms. The van der Waals surface area contributed by atoms with Gasteiger partial charge in [0, 0.05) is 36.1 Å². The molecule has 4 rings (SSSR count). The highest BCUT2D eigenvalue weighted by Crippen LogP contribution is 2.24. The van der Waals surface area contributed by atoms with Crippen molar-refractivity contribution < 1.29 is 5.11 Å². The molecule has 4 aromatic rings. The van der Waals surface area contributed by atoms with Gasteiger partial charge in [-0.2, -0.15) is 0 Å². The van der Waals surface area contributed by atoms with Crippen molar-refractivity contribution in [2.75, 3.05) is 22.6 Å². The van der Waals surface area contributed by atoms with Crippen LogP contribution in [0.25, 0.3) is 11.3 Å². The minimum absolute atomic E-state index is 0.590. The summed E-state index contributed by atoms with van der Waals surface area (Å²) < 4.78 is 0. The third-order valence-electron chi connectivity index (χ3n) is 4.87. The number of aliphatic hydroxyl groups is 1. The number of para-hydroxylation sites is 2. The van der Waals surface area contributed by atoms with Crippen molar-refractivity contribution in [3.05, 3.63) is 90.3 Å². The van der Waals surface area contributed by atoms with Crippen LogP contribution in [0.1, 0.15) is 17.4 Å². The summed E-state index contributed by atoms with van der Waals surface area (Å²) in [4.78, 5) is 13.3. The van der Waals surface area contributed by atoms with Gasteiger partial charge >= 0.3 is 0 Å². The number of anilines is 3. The van der Waals surface area contributed by atoms with E-state index in [1.165, 1.54) is 11.8 Å². The Bertz CT molecular complexity index is 1170. The topological polar surface area (TPSA) is 109 Å². The number of pyridine rings is 1. The molecule has 2 heterocycles. The molecule has 0 fully saturated rings. The maximum absolute atomic E-state index is 10.5. The van der Waals surface area contributed by atoms with Crippen LogP contribution in [0.3, 0.4) is 0 Å². The van der Waals surface area contributed by atoms with Crippen molar-refractivity contribution in [1.82, 2.24) is 15.0 Å². The van der Waals surface area contributed by atoms with Crippen LogP contribution in [0, 0.1) is 0 Å². The third-order valence-corrected chi connectivity index (χ3v) is 5.42. The van der Waals surface area contributed by atoms with E-state index in [1.54, 1.807) is 18.5 Å². The van der Waals surface area contributed by atoms with Gasteiger partial charge in [-0.25, -0.2) is 9.97 Å². The number of hydrogen-bond acceptors (Lipinski definition) is 8. The number of rotatable bonds is 8. The SMILES string of the molecule is CSc1nc(NCc2ccc(C(O)Nc3ccccc3N)cc2)cc(-c2cccnc2)n1. The zero-order chi connectivity index (χ0) is 22.3. The van der Waals surface area contributed by atoms with Gasteiger partial charge in [0.25, 0.3) is 0 Å². The number of nitrogens with two attached hydrogens (primary N) is 1. The van der Waals surface area contributed by atoms with Gasteiger partial charge in [0.05, 0.1) is 17.1 Å². The molecular formula is C24H24N6OS. The lowest BCUT2D eigenvalue weighted by Crippen LogP contribution is -2.11. The van der Waals surface area contributed by atoms with Crippen LogP contribution in [-0.2, 0) is 6.54 Å². The Morgan fingerprint density at radius 3 is 2.56 bits per heavy atom. The Hall–Kier alpha value is -3.62. The molecule has 0 aliphatic rings. The van der Waals surface area contributed by atoms with Crippen LogP contribution in [0.4, 0.5) is 17.2 Å². The summed E-state index contributed by atoms with van der Waals surface area (Å²) >= 11 is 1.49. The molecule has 0 aliphatic heterocycles. The lowest BCUT2D eigenvalue weighted by Gasteiger charge is -2.16. The standard InChI is InChI=1S/C24H24N6OS/c1-32-24-29-21(18-5-4-12-26-15-18)13-22(30-24)27-14-16-8-10-17(11-9-16)23(31)28-20-7-3-2-6-19(20)25/h2-13,15,23,28,31H,14,25H2,1H3,(H,27,29,30). The second-order valence-electron chi connectivity index (χ2n) is 7.10. The van der Waals surface area contributed by atoms with Crippen molar-refractivity contribution >= 4 is 29.0 Å². The first-order valence-electron chi connectivity index (χ1n) is 10.1. The molecule has 0 saturated heterocycles. The summed E-state index contributed by atoms with van der Waals surface area (Å²) in [7, 11) is 0. The van der Waals surface area contributed by atoms with E-state index in [0.29, 0.717) is 23.1 Å². The molecule has 0 amide bonds. The minimum atomic E-state index is -0.852. The molecule has 32 heavy (non-hydrogen) atoms. The first-order chi connectivity index (χ1) is 15.6. The predicted octanol–water partition coefficient (Wildman–Crippen LogP) is 4.56. The van der Waals surface area contributed by atoms with Crippen LogP contribution in [0.5, 0.6) is 0 Å². The number of hydrogen-bond donors (Lipinski definition) is 4. The van der Waals surface area contributed by atoms with E-state index in [0.717, 1.165) is 28.2 Å². The Kier molecular flexibility index (Phi) is 6.84. The van der Waals surface area contributed by atoms with Gasteiger partial charge in [-0.3, -0.25) is 4.98 Å². The van der Waals surface area contributed by atoms with Crippen LogP contribution in [0.15, 0.2) is 84.3 Å². The molecule has 0 aliphatic carbocycles. The van der Waals surface area contributed by atoms with Crippen LogP contribution < -0.4 is 16.4 Å². The number of nitrogens with zero attached hydrogens (tertiary/aromatic N) is 3. The van der Waals surface area contributed by atoms with Crippen molar-refractivity contribution in [2.45, 2.75) is 17.9 Å². The number of thioether (sulfide) groups is 1. The number of aliphatic hydroxyl groups excluding tert-OH is 1. The predicted molar refractivity (Wildman–Crippen MR) is 130 cm³/mol. The molecular weight excluding hydrogens is 420 g/mol. The maximum atomic E-state index is 10.5. The number of benzene rings is 2. The van der Waals surface area contributed by atoms with Crippen molar-refractivity contribution in [2.24, 2.45) is 0 Å².